The minimum atomic E-state index is 0.571. The smallest absolute Gasteiger partial charge is 0.176 e. The van der Waals surface area contributed by atoms with Crippen molar-refractivity contribution in [2.45, 2.75) is 20.4 Å². The summed E-state index contributed by atoms with van der Waals surface area (Å²) < 4.78 is 0. The minimum Gasteiger partial charge on any atom is -0.319 e. The molecule has 90 valence electrons. The van der Waals surface area contributed by atoms with Crippen molar-refractivity contribution >= 4 is 0 Å². The van der Waals surface area contributed by atoms with Crippen molar-refractivity contribution in [1.82, 2.24) is 5.32 Å². The number of benzene rings is 2. The molecule has 0 atom stereocenters. The first kappa shape index (κ1) is 12.2. The molecule has 0 spiro atoms. The van der Waals surface area contributed by atoms with Gasteiger partial charge >= 0.3 is 0 Å². The summed E-state index contributed by atoms with van der Waals surface area (Å²) in [6, 6.07) is 14.8. The summed E-state index contributed by atoms with van der Waals surface area (Å²) in [4.78, 5) is 0. The normalized spacial score (nSPS) is 9.83. The van der Waals surface area contributed by atoms with Gasteiger partial charge in [0.25, 0.3) is 0 Å². The van der Waals surface area contributed by atoms with E-state index in [4.69, 9.17) is 5.26 Å². The van der Waals surface area contributed by atoms with Gasteiger partial charge in [0.05, 0.1) is 6.54 Å². The molecule has 0 aliphatic rings. The van der Waals surface area contributed by atoms with Gasteiger partial charge in [0, 0.05) is 0 Å². The van der Waals surface area contributed by atoms with Crippen LogP contribution >= 0.6 is 0 Å². The van der Waals surface area contributed by atoms with Crippen molar-refractivity contribution in [3.8, 4) is 17.3 Å². The number of rotatable bonds is 3. The third-order valence-corrected chi connectivity index (χ3v) is 2.98. The molecule has 0 aliphatic carbocycles. The summed E-state index contributed by atoms with van der Waals surface area (Å²) in [5.41, 5.74) is 5.99. The van der Waals surface area contributed by atoms with Crippen LogP contribution in [0.1, 0.15) is 16.7 Å². The topological polar surface area (TPSA) is 35.8 Å². The molecule has 0 aromatic heterocycles. The molecular formula is C16H16N2. The van der Waals surface area contributed by atoms with E-state index in [0.717, 1.165) is 5.56 Å². The highest BCUT2D eigenvalue weighted by molar-refractivity contribution is 5.68. The second kappa shape index (κ2) is 5.37. The molecule has 0 amide bonds. The molecule has 1 N–H and O–H groups in total. The molecule has 0 saturated heterocycles. The summed E-state index contributed by atoms with van der Waals surface area (Å²) in [5.74, 6) is 0. The third kappa shape index (κ3) is 2.70. The zero-order valence-corrected chi connectivity index (χ0v) is 10.7. The first-order valence-corrected chi connectivity index (χ1v) is 5.99. The molecule has 18 heavy (non-hydrogen) atoms. The maximum atomic E-state index is 8.63. The molecule has 0 aliphatic heterocycles. The predicted octanol–water partition coefficient (Wildman–Crippen LogP) is 3.54. The number of aryl methyl sites for hydroxylation is 2. The lowest BCUT2D eigenvalue weighted by Crippen LogP contribution is -2.06. The van der Waals surface area contributed by atoms with E-state index < -0.39 is 0 Å². The van der Waals surface area contributed by atoms with Crippen LogP contribution in [0.5, 0.6) is 0 Å². The summed E-state index contributed by atoms with van der Waals surface area (Å²) >= 11 is 0. The number of nitriles is 1. The Morgan fingerprint density at radius 2 is 1.67 bits per heavy atom. The quantitative estimate of drug-likeness (QED) is 0.653. The van der Waals surface area contributed by atoms with Crippen molar-refractivity contribution < 1.29 is 0 Å². The van der Waals surface area contributed by atoms with E-state index in [2.05, 4.69) is 61.6 Å². The molecule has 2 aromatic carbocycles. The molecule has 0 unspecified atom stereocenters. The largest absolute Gasteiger partial charge is 0.319 e. The van der Waals surface area contributed by atoms with Crippen molar-refractivity contribution in [2.75, 3.05) is 0 Å². The Hall–Kier alpha value is -2.27. The standard InChI is InChI=1S/C16H16N2/c1-12-3-6-14(7-4-12)16-8-5-13(2)9-15(16)10-18-11-17/h3-9,18H,10H2,1-2H3. The molecule has 2 nitrogen and oxygen atoms in total. The van der Waals surface area contributed by atoms with Gasteiger partial charge in [-0.25, -0.2) is 0 Å². The molecule has 0 radical (unpaired) electrons. The first-order chi connectivity index (χ1) is 8.70. The van der Waals surface area contributed by atoms with Gasteiger partial charge in [-0.05, 0) is 30.5 Å². The van der Waals surface area contributed by atoms with E-state index in [1.807, 2.05) is 6.19 Å². The van der Waals surface area contributed by atoms with E-state index in [1.165, 1.54) is 22.3 Å². The Labute approximate surface area is 108 Å². The molecule has 2 heteroatoms. The highest BCUT2D eigenvalue weighted by Crippen LogP contribution is 2.25. The van der Waals surface area contributed by atoms with Crippen LogP contribution in [0.15, 0.2) is 42.5 Å². The van der Waals surface area contributed by atoms with Gasteiger partial charge in [-0.15, -0.1) is 0 Å². The maximum Gasteiger partial charge on any atom is 0.176 e. The summed E-state index contributed by atoms with van der Waals surface area (Å²) in [6.07, 6.45) is 1.97. The van der Waals surface area contributed by atoms with E-state index >= 15 is 0 Å². The number of nitrogens with one attached hydrogen (secondary N) is 1. The highest BCUT2D eigenvalue weighted by atomic mass is 14.8. The van der Waals surface area contributed by atoms with Gasteiger partial charge in [0.1, 0.15) is 0 Å². The molecule has 0 bridgehead atoms. The fraction of sp³-hybridized carbons (Fsp3) is 0.188. The first-order valence-electron chi connectivity index (χ1n) is 5.99. The Morgan fingerprint density at radius 1 is 1.00 bits per heavy atom. The summed E-state index contributed by atoms with van der Waals surface area (Å²) in [7, 11) is 0. The average Bonchev–Trinajstić information content (AvgIpc) is 2.38. The monoisotopic (exact) mass is 236 g/mol. The van der Waals surface area contributed by atoms with E-state index in [-0.39, 0.29) is 0 Å². The van der Waals surface area contributed by atoms with Crippen LogP contribution in [-0.4, -0.2) is 0 Å². The average molecular weight is 236 g/mol. The Morgan fingerprint density at radius 3 is 2.33 bits per heavy atom. The minimum absolute atomic E-state index is 0.571. The van der Waals surface area contributed by atoms with Gasteiger partial charge in [-0.3, -0.25) is 0 Å². The van der Waals surface area contributed by atoms with Crippen LogP contribution in [-0.2, 0) is 6.54 Å². The van der Waals surface area contributed by atoms with Crippen LogP contribution in [0, 0.1) is 25.3 Å². The van der Waals surface area contributed by atoms with Crippen LogP contribution in [0.3, 0.4) is 0 Å². The molecule has 2 aromatic rings. The van der Waals surface area contributed by atoms with Crippen molar-refractivity contribution in [3.05, 3.63) is 59.2 Å². The van der Waals surface area contributed by atoms with Crippen LogP contribution in [0.4, 0.5) is 0 Å². The van der Waals surface area contributed by atoms with Crippen LogP contribution in [0.2, 0.25) is 0 Å². The van der Waals surface area contributed by atoms with Gasteiger partial charge in [0.15, 0.2) is 6.19 Å². The lowest BCUT2D eigenvalue weighted by molar-refractivity contribution is 0.884. The number of nitrogens with zero attached hydrogens (tertiary/aromatic N) is 1. The van der Waals surface area contributed by atoms with E-state index in [1.54, 1.807) is 0 Å². The fourth-order valence-corrected chi connectivity index (χ4v) is 2.02. The predicted molar refractivity (Wildman–Crippen MR) is 73.8 cm³/mol. The fourth-order valence-electron chi connectivity index (χ4n) is 2.02. The molecule has 0 heterocycles. The van der Waals surface area contributed by atoms with Gasteiger partial charge in [0.2, 0.25) is 0 Å². The Balaban J connectivity index is 2.43. The van der Waals surface area contributed by atoms with Crippen molar-refractivity contribution in [3.63, 3.8) is 0 Å². The molecule has 0 fully saturated rings. The number of hydrogen-bond acceptors (Lipinski definition) is 2. The molecule has 0 saturated carbocycles. The van der Waals surface area contributed by atoms with Crippen molar-refractivity contribution in [1.29, 1.82) is 5.26 Å². The van der Waals surface area contributed by atoms with Gasteiger partial charge in [-0.1, -0.05) is 53.6 Å². The summed E-state index contributed by atoms with van der Waals surface area (Å²) in [6.45, 7) is 4.72. The Kier molecular flexibility index (Phi) is 3.64. The van der Waals surface area contributed by atoms with E-state index in [9.17, 15) is 0 Å². The van der Waals surface area contributed by atoms with Gasteiger partial charge < -0.3 is 5.32 Å². The second-order valence-electron chi connectivity index (χ2n) is 4.49. The Bertz CT molecular complexity index is 577. The lowest BCUT2D eigenvalue weighted by Gasteiger charge is -2.10. The number of hydrogen-bond donors (Lipinski definition) is 1. The molecule has 2 rings (SSSR count). The lowest BCUT2D eigenvalue weighted by atomic mass is 9.97. The maximum absolute atomic E-state index is 8.63. The zero-order chi connectivity index (χ0) is 13.0. The SMILES string of the molecule is Cc1ccc(-c2ccc(C)cc2CNC#N)cc1. The zero-order valence-electron chi connectivity index (χ0n) is 10.7. The van der Waals surface area contributed by atoms with Gasteiger partial charge in [-0.2, -0.15) is 5.26 Å². The summed E-state index contributed by atoms with van der Waals surface area (Å²) in [5, 5.41) is 11.4. The van der Waals surface area contributed by atoms with E-state index in [0.29, 0.717) is 6.54 Å². The van der Waals surface area contributed by atoms with Crippen LogP contribution in [0.25, 0.3) is 11.1 Å². The highest BCUT2D eigenvalue weighted by Gasteiger charge is 2.05. The van der Waals surface area contributed by atoms with Crippen LogP contribution < -0.4 is 5.32 Å². The third-order valence-electron chi connectivity index (χ3n) is 2.98. The second-order valence-corrected chi connectivity index (χ2v) is 4.49. The van der Waals surface area contributed by atoms with Crippen molar-refractivity contribution in [2.24, 2.45) is 0 Å². The molecular weight excluding hydrogens is 220 g/mol.